The van der Waals surface area contributed by atoms with Crippen LogP contribution in [0, 0.1) is 22.7 Å². The number of nitrogens with zero attached hydrogens (tertiary/aromatic N) is 3. The van der Waals surface area contributed by atoms with E-state index in [9.17, 15) is 22.4 Å². The van der Waals surface area contributed by atoms with E-state index in [-0.39, 0.29) is 41.8 Å². The van der Waals surface area contributed by atoms with E-state index in [1.165, 1.54) is 17.5 Å². The Labute approximate surface area is 212 Å². The minimum atomic E-state index is -2.99. The monoisotopic (exact) mass is 526 g/mol. The Bertz CT molecular complexity index is 1140. The Balaban J connectivity index is 1.59. The topological polar surface area (TPSA) is 55.1 Å². The lowest BCUT2D eigenvalue weighted by Crippen LogP contribution is -2.50. The van der Waals surface area contributed by atoms with Crippen molar-refractivity contribution in [2.75, 3.05) is 6.54 Å². The first-order valence-corrected chi connectivity index (χ1v) is 12.9. The molecule has 1 aliphatic carbocycles. The number of pyridine rings is 1. The maximum Gasteiger partial charge on any atom is 0.388 e. The summed E-state index contributed by atoms with van der Waals surface area (Å²) in [5.41, 5.74) is -0.421. The molecule has 0 saturated heterocycles. The number of rotatable bonds is 8. The predicted octanol–water partition coefficient (Wildman–Crippen LogP) is 6.47. The third-order valence-corrected chi connectivity index (χ3v) is 8.35. The number of aromatic nitrogens is 2. The second-order valence-electron chi connectivity index (χ2n) is 11.3. The van der Waals surface area contributed by atoms with Gasteiger partial charge in [-0.2, -0.15) is 8.78 Å². The van der Waals surface area contributed by atoms with Crippen LogP contribution in [0.3, 0.4) is 0 Å². The SMILES string of the molecule is CC(=O)[C@]1(CC2CC(F)(F)C2)C[C@@H](C(C)(C)C)C=[N+](Cc2cnc(-c3cccnc3OC(F)F)s2)C1. The van der Waals surface area contributed by atoms with Gasteiger partial charge >= 0.3 is 6.61 Å². The number of ether oxygens (including phenoxy) is 1. The average Bonchev–Trinajstić information content (AvgIpc) is 3.19. The number of hydrogen-bond acceptors (Lipinski definition) is 5. The summed E-state index contributed by atoms with van der Waals surface area (Å²) in [6.07, 6.45) is 6.02. The Hall–Kier alpha value is -2.36. The molecule has 2 aliphatic rings. The summed E-state index contributed by atoms with van der Waals surface area (Å²) in [6, 6.07) is 3.26. The van der Waals surface area contributed by atoms with E-state index in [4.69, 9.17) is 0 Å². The molecule has 2 atom stereocenters. The van der Waals surface area contributed by atoms with E-state index in [0.717, 1.165) is 4.88 Å². The summed E-state index contributed by atoms with van der Waals surface area (Å²) >= 11 is 1.35. The highest BCUT2D eigenvalue weighted by Gasteiger charge is 2.54. The van der Waals surface area contributed by atoms with Crippen LogP contribution in [0.25, 0.3) is 10.6 Å². The highest BCUT2D eigenvalue weighted by atomic mass is 32.1. The van der Waals surface area contributed by atoms with Crippen LogP contribution in [-0.4, -0.2) is 45.6 Å². The summed E-state index contributed by atoms with van der Waals surface area (Å²) in [4.78, 5) is 22.2. The van der Waals surface area contributed by atoms with E-state index in [1.54, 1.807) is 25.3 Å². The van der Waals surface area contributed by atoms with E-state index >= 15 is 0 Å². The lowest BCUT2D eigenvalue weighted by Gasteiger charge is -2.44. The van der Waals surface area contributed by atoms with Crippen molar-refractivity contribution in [3.63, 3.8) is 0 Å². The van der Waals surface area contributed by atoms with Gasteiger partial charge in [0.15, 0.2) is 13.1 Å². The van der Waals surface area contributed by atoms with Crippen molar-refractivity contribution in [1.82, 2.24) is 9.97 Å². The van der Waals surface area contributed by atoms with Gasteiger partial charge in [0.05, 0.1) is 15.9 Å². The Morgan fingerprint density at radius 1 is 1.25 bits per heavy atom. The zero-order valence-electron chi connectivity index (χ0n) is 20.9. The van der Waals surface area contributed by atoms with Crippen molar-refractivity contribution in [1.29, 1.82) is 0 Å². The molecule has 0 radical (unpaired) electrons. The zero-order chi connectivity index (χ0) is 26.3. The van der Waals surface area contributed by atoms with Gasteiger partial charge in [-0.15, -0.1) is 11.3 Å². The highest BCUT2D eigenvalue weighted by molar-refractivity contribution is 7.15. The molecule has 1 saturated carbocycles. The number of halogens is 4. The molecule has 1 fully saturated rings. The van der Waals surface area contributed by atoms with E-state index in [2.05, 4.69) is 46.3 Å². The molecule has 5 nitrogen and oxygen atoms in total. The first-order chi connectivity index (χ1) is 16.8. The molecule has 3 heterocycles. The van der Waals surface area contributed by atoms with Gasteiger partial charge in [0.25, 0.3) is 0 Å². The molecule has 2 aromatic rings. The first kappa shape index (κ1) is 26.7. The number of alkyl halides is 4. The first-order valence-electron chi connectivity index (χ1n) is 12.1. The van der Waals surface area contributed by atoms with Gasteiger partial charge in [-0.05, 0) is 43.2 Å². The second kappa shape index (κ2) is 9.84. The van der Waals surface area contributed by atoms with Crippen LogP contribution in [0.15, 0.2) is 24.5 Å². The molecule has 0 aromatic carbocycles. The summed E-state index contributed by atoms with van der Waals surface area (Å²) in [5, 5.41) is 0.507. The number of hydrogen-bond donors (Lipinski definition) is 0. The minimum Gasteiger partial charge on any atom is -0.416 e. The van der Waals surface area contributed by atoms with Gasteiger partial charge in [-0.25, -0.2) is 23.3 Å². The van der Waals surface area contributed by atoms with Crippen LogP contribution in [0.4, 0.5) is 17.6 Å². The molecule has 36 heavy (non-hydrogen) atoms. The molecule has 10 heteroatoms. The van der Waals surface area contributed by atoms with Crippen molar-refractivity contribution in [2.24, 2.45) is 22.7 Å². The lowest BCUT2D eigenvalue weighted by molar-refractivity contribution is -0.559. The predicted molar refractivity (Wildman–Crippen MR) is 130 cm³/mol. The average molecular weight is 527 g/mol. The van der Waals surface area contributed by atoms with E-state index in [0.29, 0.717) is 36.5 Å². The number of carbonyl (C=O) groups is 1. The third kappa shape index (κ3) is 5.95. The fourth-order valence-corrected chi connectivity index (χ4v) is 6.29. The standard InChI is InChI=1S/C26H32F4N3O2S/c1-16(34)25(8-17-9-26(29,30)10-17)11-18(24(2,3)4)13-33(15-25)14-19-12-32-22(36-19)20-6-5-7-31-21(20)35-23(27)28/h5-7,12-13,17-18,23H,8-11,14-15H2,1-4H3/q+1/t18-,25-/m1/s1. The van der Waals surface area contributed by atoms with Gasteiger partial charge in [0.1, 0.15) is 17.0 Å². The second-order valence-corrected chi connectivity index (χ2v) is 12.4. The van der Waals surface area contributed by atoms with Crippen molar-refractivity contribution in [2.45, 2.75) is 72.5 Å². The maximum absolute atomic E-state index is 13.6. The van der Waals surface area contributed by atoms with E-state index < -0.39 is 17.9 Å². The Morgan fingerprint density at radius 2 is 1.97 bits per heavy atom. The maximum atomic E-state index is 13.6. The minimum absolute atomic E-state index is 0.0409. The molecular formula is C26H32F4N3O2S+. The summed E-state index contributed by atoms with van der Waals surface area (Å²) in [6.45, 7) is 5.89. The van der Waals surface area contributed by atoms with Crippen molar-refractivity contribution < 1.29 is 31.7 Å². The fourth-order valence-electron chi connectivity index (χ4n) is 5.34. The highest BCUT2D eigenvalue weighted by Crippen LogP contribution is 2.51. The smallest absolute Gasteiger partial charge is 0.388 e. The van der Waals surface area contributed by atoms with Crippen LogP contribution in [0.1, 0.15) is 58.3 Å². The van der Waals surface area contributed by atoms with E-state index in [1.807, 2.05) is 0 Å². The number of ketones is 1. The molecule has 196 valence electrons. The molecule has 0 bridgehead atoms. The molecule has 0 amide bonds. The largest absolute Gasteiger partial charge is 0.416 e. The van der Waals surface area contributed by atoms with Crippen LogP contribution in [0.2, 0.25) is 0 Å². The molecular weight excluding hydrogens is 494 g/mol. The third-order valence-electron chi connectivity index (χ3n) is 7.34. The van der Waals surface area contributed by atoms with Gasteiger partial charge in [-0.3, -0.25) is 4.79 Å². The van der Waals surface area contributed by atoms with Crippen molar-refractivity contribution in [3.05, 3.63) is 29.4 Å². The summed E-state index contributed by atoms with van der Waals surface area (Å²) in [7, 11) is 0. The molecule has 0 N–H and O–H groups in total. The molecule has 0 spiro atoms. The molecule has 2 aromatic heterocycles. The fraction of sp³-hybridized carbons (Fsp3) is 0.615. The Kier molecular flexibility index (Phi) is 7.29. The van der Waals surface area contributed by atoms with Crippen LogP contribution in [0.5, 0.6) is 5.88 Å². The van der Waals surface area contributed by atoms with Gasteiger partial charge in [0.2, 0.25) is 11.8 Å². The van der Waals surface area contributed by atoms with Gasteiger partial charge in [0, 0.05) is 31.2 Å². The quantitative estimate of drug-likeness (QED) is 0.292. The Morgan fingerprint density at radius 3 is 2.58 bits per heavy atom. The number of carbonyl (C=O) groups excluding carboxylic acids is 1. The lowest BCUT2D eigenvalue weighted by atomic mass is 9.61. The molecule has 0 unspecified atom stereocenters. The van der Waals surface area contributed by atoms with Crippen molar-refractivity contribution in [3.8, 4) is 16.5 Å². The summed E-state index contributed by atoms with van der Waals surface area (Å²) in [5.74, 6) is -2.83. The van der Waals surface area contributed by atoms with Crippen LogP contribution in [-0.2, 0) is 11.3 Å². The molecule has 1 aliphatic heterocycles. The molecule has 4 rings (SSSR count). The van der Waals surface area contributed by atoms with Gasteiger partial charge < -0.3 is 4.74 Å². The zero-order valence-corrected chi connectivity index (χ0v) is 21.8. The van der Waals surface area contributed by atoms with Gasteiger partial charge in [-0.1, -0.05) is 20.8 Å². The summed E-state index contributed by atoms with van der Waals surface area (Å²) < 4.78 is 59.4. The number of Topliss-reactive ketones (excluding diaryl/α,β-unsaturated/α-hetero) is 1. The van der Waals surface area contributed by atoms with Crippen molar-refractivity contribution >= 4 is 23.3 Å². The number of thiazole rings is 1. The normalized spacial score (nSPS) is 24.4. The van der Waals surface area contributed by atoms with Crippen LogP contribution >= 0.6 is 11.3 Å². The van der Waals surface area contributed by atoms with Crippen LogP contribution < -0.4 is 4.74 Å².